The van der Waals surface area contributed by atoms with Gasteiger partial charge >= 0.3 is 17.9 Å². The maximum Gasteiger partial charge on any atom is 0.446 e. The lowest BCUT2D eigenvalue weighted by Gasteiger charge is -2.27. The molecule has 0 saturated heterocycles. The van der Waals surface area contributed by atoms with Gasteiger partial charge in [0, 0.05) is 17.1 Å². The predicted octanol–water partition coefficient (Wildman–Crippen LogP) is 7.44. The van der Waals surface area contributed by atoms with Gasteiger partial charge in [-0.1, -0.05) is 18.2 Å². The van der Waals surface area contributed by atoms with Gasteiger partial charge in [-0.3, -0.25) is 0 Å². The number of hydrogen-bond donors (Lipinski definition) is 0. The van der Waals surface area contributed by atoms with Gasteiger partial charge in [0.25, 0.3) is 0 Å². The van der Waals surface area contributed by atoms with Crippen LogP contribution < -0.4 is 4.90 Å². The molecule has 0 aliphatic rings. The van der Waals surface area contributed by atoms with E-state index in [9.17, 15) is 39.5 Å². The molecule has 0 N–H and O–H groups in total. The van der Waals surface area contributed by atoms with Crippen LogP contribution in [-0.2, 0) is 12.7 Å². The first-order chi connectivity index (χ1) is 13.7. The van der Waals surface area contributed by atoms with Crippen LogP contribution in [-0.4, -0.2) is 18.2 Å². The molecule has 0 aliphatic carbocycles. The topological polar surface area (TPSA) is 7.60 Å². The first-order valence-corrected chi connectivity index (χ1v) is 8.75. The van der Waals surface area contributed by atoms with Gasteiger partial charge in [-0.05, 0) is 41.6 Å². The van der Waals surface area contributed by atoms with Crippen molar-refractivity contribution >= 4 is 23.1 Å². The summed E-state index contributed by atoms with van der Waals surface area (Å²) in [6, 6.07) is 6.71. The Morgan fingerprint density at radius 1 is 0.900 bits per heavy atom. The van der Waals surface area contributed by atoms with Crippen LogP contribution in [0.25, 0.3) is 4.85 Å². The summed E-state index contributed by atoms with van der Waals surface area (Å²) in [7, 11) is 0. The highest BCUT2D eigenvalue weighted by Gasteiger charge is 2.36. The molecule has 0 saturated carbocycles. The van der Waals surface area contributed by atoms with Crippen LogP contribution in [0.1, 0.15) is 11.1 Å². The third-order valence-electron chi connectivity index (χ3n) is 3.65. The summed E-state index contributed by atoms with van der Waals surface area (Å²) in [5.74, 6) is 0. The summed E-state index contributed by atoms with van der Waals surface area (Å²) in [5, 5.41) is 0. The van der Waals surface area contributed by atoms with Crippen molar-refractivity contribution in [3.63, 3.8) is 0 Å². The van der Waals surface area contributed by atoms with Crippen LogP contribution in [0.4, 0.5) is 50.9 Å². The summed E-state index contributed by atoms with van der Waals surface area (Å²) in [6.07, 6.45) is -9.77. The van der Waals surface area contributed by atoms with Gasteiger partial charge < -0.3 is 4.90 Å². The second-order valence-corrected chi connectivity index (χ2v) is 7.12. The molecule has 0 aromatic heterocycles. The largest absolute Gasteiger partial charge is 0.446 e. The molecule has 0 bridgehead atoms. The van der Waals surface area contributed by atoms with Crippen molar-refractivity contribution in [3.8, 4) is 0 Å². The minimum Gasteiger partial charge on any atom is -0.358 e. The van der Waals surface area contributed by atoms with Crippen molar-refractivity contribution in [2.24, 2.45) is 0 Å². The van der Waals surface area contributed by atoms with Crippen LogP contribution in [0, 0.1) is 6.57 Å². The summed E-state index contributed by atoms with van der Waals surface area (Å²) in [4.78, 5) is 3.01. The number of nitrogens with zero attached hydrogens (tertiary/aromatic N) is 2. The van der Waals surface area contributed by atoms with Crippen molar-refractivity contribution < 1.29 is 39.5 Å². The molecule has 0 unspecified atom stereocenters. The zero-order chi connectivity index (χ0) is 22.7. The van der Waals surface area contributed by atoms with E-state index in [-0.39, 0.29) is 10.5 Å². The zero-order valence-electron chi connectivity index (χ0n) is 14.7. The molecule has 162 valence electrons. The standard InChI is InChI=1S/C18H11F9N2S/c1-28-15-6-5-12(8-14(15)17(22,23)24)29(10-16(19,20)21)9-11-3-2-4-13(7-11)30-18(25,26)27/h2-8H,9-10H2. The highest BCUT2D eigenvalue weighted by Crippen LogP contribution is 2.40. The Morgan fingerprint density at radius 2 is 1.57 bits per heavy atom. The van der Waals surface area contributed by atoms with E-state index < -0.39 is 59.7 Å². The normalized spacial score (nSPS) is 12.5. The Morgan fingerprint density at radius 3 is 2.10 bits per heavy atom. The molecule has 2 aromatic carbocycles. The summed E-state index contributed by atoms with van der Waals surface area (Å²) in [6.45, 7) is 4.56. The lowest BCUT2D eigenvalue weighted by Crippen LogP contribution is -2.34. The SMILES string of the molecule is [C-]#[N+]c1ccc(N(Cc2cccc(SC(F)(F)F)c2)CC(F)(F)F)cc1C(F)(F)F. The van der Waals surface area contributed by atoms with Gasteiger partial charge in [0.15, 0.2) is 5.69 Å². The molecule has 2 aromatic rings. The Kier molecular flexibility index (Phi) is 6.86. The molecular formula is C18H11F9N2S. The lowest BCUT2D eigenvalue weighted by atomic mass is 10.1. The van der Waals surface area contributed by atoms with Crippen LogP contribution >= 0.6 is 11.8 Å². The van der Waals surface area contributed by atoms with Gasteiger partial charge in [0.1, 0.15) is 6.54 Å². The van der Waals surface area contributed by atoms with Crippen molar-refractivity contribution in [3.05, 3.63) is 65.0 Å². The minimum atomic E-state index is -4.97. The monoisotopic (exact) mass is 458 g/mol. The number of hydrogen-bond acceptors (Lipinski definition) is 2. The number of rotatable bonds is 5. The summed E-state index contributed by atoms with van der Waals surface area (Å²) >= 11 is -0.461. The molecule has 0 fully saturated rings. The average molecular weight is 458 g/mol. The van der Waals surface area contributed by atoms with Crippen molar-refractivity contribution in [2.75, 3.05) is 11.4 Å². The van der Waals surface area contributed by atoms with Crippen LogP contribution in [0.2, 0.25) is 0 Å². The summed E-state index contributed by atoms with van der Waals surface area (Å²) < 4.78 is 116. The Balaban J connectivity index is 2.44. The smallest absolute Gasteiger partial charge is 0.358 e. The van der Waals surface area contributed by atoms with E-state index >= 15 is 0 Å². The van der Waals surface area contributed by atoms with Crippen LogP contribution in [0.5, 0.6) is 0 Å². The third-order valence-corrected chi connectivity index (χ3v) is 4.37. The molecule has 12 heteroatoms. The molecule has 2 nitrogen and oxygen atoms in total. The van der Waals surface area contributed by atoms with Crippen LogP contribution in [0.15, 0.2) is 47.4 Å². The molecule has 0 atom stereocenters. The first kappa shape index (κ1) is 23.7. The van der Waals surface area contributed by atoms with E-state index in [1.807, 2.05) is 0 Å². The van der Waals surface area contributed by atoms with Crippen molar-refractivity contribution in [2.45, 2.75) is 29.3 Å². The predicted molar refractivity (Wildman–Crippen MR) is 93.2 cm³/mol. The fourth-order valence-corrected chi connectivity index (χ4v) is 3.19. The van der Waals surface area contributed by atoms with Crippen LogP contribution in [0.3, 0.4) is 0 Å². The molecule has 0 radical (unpaired) electrons. The molecule has 0 amide bonds. The highest BCUT2D eigenvalue weighted by molar-refractivity contribution is 8.00. The fourth-order valence-electron chi connectivity index (χ4n) is 2.56. The lowest BCUT2D eigenvalue weighted by molar-refractivity contribution is -0.136. The van der Waals surface area contributed by atoms with Gasteiger partial charge in [-0.15, -0.1) is 0 Å². The van der Waals surface area contributed by atoms with Gasteiger partial charge in [0.05, 0.1) is 12.1 Å². The molecule has 0 spiro atoms. The number of anilines is 1. The molecule has 2 rings (SSSR count). The Labute approximate surface area is 169 Å². The fraction of sp³-hybridized carbons (Fsp3) is 0.278. The van der Waals surface area contributed by atoms with Gasteiger partial charge in [0.2, 0.25) is 0 Å². The van der Waals surface area contributed by atoms with E-state index in [2.05, 4.69) is 4.85 Å². The number of benzene rings is 2. The maximum absolute atomic E-state index is 13.2. The van der Waals surface area contributed by atoms with E-state index in [0.29, 0.717) is 11.0 Å². The maximum atomic E-state index is 13.2. The second kappa shape index (κ2) is 8.67. The van der Waals surface area contributed by atoms with Crippen molar-refractivity contribution in [1.82, 2.24) is 0 Å². The number of thioether (sulfide) groups is 1. The third kappa shape index (κ3) is 7.05. The summed E-state index contributed by atoms with van der Waals surface area (Å²) in [5.41, 5.74) is -7.22. The number of alkyl halides is 9. The van der Waals surface area contributed by atoms with E-state index in [1.165, 1.54) is 12.1 Å². The quantitative estimate of drug-likeness (QED) is 0.261. The van der Waals surface area contributed by atoms with Gasteiger partial charge in [-0.25, -0.2) is 4.85 Å². The minimum absolute atomic E-state index is 0.0383. The molecular weight excluding hydrogens is 447 g/mol. The molecule has 0 aliphatic heterocycles. The Hall–Kier alpha value is -2.55. The second-order valence-electron chi connectivity index (χ2n) is 5.98. The Bertz CT molecular complexity index is 927. The zero-order valence-corrected chi connectivity index (χ0v) is 15.5. The number of halogens is 9. The average Bonchev–Trinajstić information content (AvgIpc) is 2.57. The van der Waals surface area contributed by atoms with E-state index in [4.69, 9.17) is 6.57 Å². The van der Waals surface area contributed by atoms with Crippen molar-refractivity contribution in [1.29, 1.82) is 0 Å². The molecule has 0 heterocycles. The highest BCUT2D eigenvalue weighted by atomic mass is 32.2. The first-order valence-electron chi connectivity index (χ1n) is 7.93. The van der Waals surface area contributed by atoms with E-state index in [0.717, 1.165) is 24.3 Å². The molecule has 30 heavy (non-hydrogen) atoms. The van der Waals surface area contributed by atoms with Gasteiger partial charge in [-0.2, -0.15) is 39.5 Å². The van der Waals surface area contributed by atoms with E-state index in [1.54, 1.807) is 0 Å².